The third-order valence-corrected chi connectivity index (χ3v) is 6.51. The summed E-state index contributed by atoms with van der Waals surface area (Å²) in [6.45, 7) is 0.473. The van der Waals surface area contributed by atoms with Crippen LogP contribution in [-0.2, 0) is 16.4 Å². The second-order valence-electron chi connectivity index (χ2n) is 6.83. The number of aliphatic hydroxyl groups excluding tert-OH is 1. The van der Waals surface area contributed by atoms with Gasteiger partial charge in [-0.25, -0.2) is 22.2 Å². The number of hydrogen-bond donors (Lipinski definition) is 4. The van der Waals surface area contributed by atoms with E-state index < -0.39 is 38.6 Å². The summed E-state index contributed by atoms with van der Waals surface area (Å²) in [5, 5.41) is 22.3. The highest BCUT2D eigenvalue weighted by molar-refractivity contribution is 7.92. The van der Waals surface area contributed by atoms with E-state index >= 15 is 0 Å². The Morgan fingerprint density at radius 1 is 1.15 bits per heavy atom. The lowest BCUT2D eigenvalue weighted by molar-refractivity contribution is -0.0370. The maximum absolute atomic E-state index is 14.7. The van der Waals surface area contributed by atoms with Gasteiger partial charge in [-0.3, -0.25) is 4.72 Å². The predicted molar refractivity (Wildman–Crippen MR) is 120 cm³/mol. The SMILES string of the molecule is O=S(=O)(Nc1cscn1)c1cc(F)c(Oc2ccc(Cl)cc2CCCNCC(O)O)cc1F. The van der Waals surface area contributed by atoms with Gasteiger partial charge in [-0.15, -0.1) is 11.3 Å². The molecule has 0 aliphatic rings. The van der Waals surface area contributed by atoms with E-state index in [2.05, 4.69) is 15.0 Å². The van der Waals surface area contributed by atoms with Crippen molar-refractivity contribution in [3.8, 4) is 11.5 Å². The Kier molecular flexibility index (Phi) is 8.57. The van der Waals surface area contributed by atoms with E-state index in [-0.39, 0.29) is 18.1 Å². The Labute approximate surface area is 197 Å². The molecule has 3 rings (SSSR count). The van der Waals surface area contributed by atoms with Gasteiger partial charge in [0, 0.05) is 29.1 Å². The molecule has 0 fully saturated rings. The van der Waals surface area contributed by atoms with Gasteiger partial charge in [0.25, 0.3) is 10.0 Å². The van der Waals surface area contributed by atoms with Gasteiger partial charge in [0.15, 0.2) is 23.7 Å². The van der Waals surface area contributed by atoms with Crippen LogP contribution in [0.3, 0.4) is 0 Å². The van der Waals surface area contributed by atoms with Crippen LogP contribution < -0.4 is 14.8 Å². The van der Waals surface area contributed by atoms with Crippen LogP contribution in [0.1, 0.15) is 12.0 Å². The Balaban J connectivity index is 1.77. The highest BCUT2D eigenvalue weighted by atomic mass is 35.5. The first-order valence-electron chi connectivity index (χ1n) is 9.59. The molecule has 0 saturated heterocycles. The minimum atomic E-state index is -4.40. The Morgan fingerprint density at radius 2 is 1.94 bits per heavy atom. The molecule has 13 heteroatoms. The summed E-state index contributed by atoms with van der Waals surface area (Å²) in [7, 11) is -4.40. The normalized spacial score (nSPS) is 11.7. The topological polar surface area (TPSA) is 121 Å². The van der Waals surface area contributed by atoms with Gasteiger partial charge in [-0.05, 0) is 43.1 Å². The van der Waals surface area contributed by atoms with Crippen molar-refractivity contribution in [2.45, 2.75) is 24.0 Å². The smallest absolute Gasteiger partial charge is 0.266 e. The minimum Gasteiger partial charge on any atom is -0.454 e. The van der Waals surface area contributed by atoms with Crippen LogP contribution in [0.15, 0.2) is 46.1 Å². The third-order valence-electron chi connectivity index (χ3n) is 4.32. The molecule has 3 aromatic rings. The maximum atomic E-state index is 14.7. The lowest BCUT2D eigenvalue weighted by Gasteiger charge is -2.14. The van der Waals surface area contributed by atoms with Crippen molar-refractivity contribution >= 4 is 38.8 Å². The second-order valence-corrected chi connectivity index (χ2v) is 9.64. The number of aryl methyl sites for hydroxylation is 1. The Bertz CT molecular complexity index is 1190. The molecule has 0 aliphatic carbocycles. The number of rotatable bonds is 11. The lowest BCUT2D eigenvalue weighted by Crippen LogP contribution is -2.27. The highest BCUT2D eigenvalue weighted by Crippen LogP contribution is 2.33. The third kappa shape index (κ3) is 7.06. The molecule has 0 amide bonds. The van der Waals surface area contributed by atoms with Crippen molar-refractivity contribution < 1.29 is 32.1 Å². The number of benzene rings is 2. The van der Waals surface area contributed by atoms with E-state index in [0.717, 1.165) is 11.3 Å². The van der Waals surface area contributed by atoms with E-state index in [4.69, 9.17) is 26.6 Å². The van der Waals surface area contributed by atoms with Gasteiger partial charge >= 0.3 is 0 Å². The van der Waals surface area contributed by atoms with Crippen molar-refractivity contribution in [1.82, 2.24) is 10.3 Å². The second kappa shape index (κ2) is 11.2. The summed E-state index contributed by atoms with van der Waals surface area (Å²) < 4.78 is 61.7. The van der Waals surface area contributed by atoms with E-state index in [1.165, 1.54) is 23.0 Å². The van der Waals surface area contributed by atoms with Gasteiger partial charge in [-0.2, -0.15) is 0 Å². The number of sulfonamides is 1. The molecule has 0 aliphatic heterocycles. The van der Waals surface area contributed by atoms with Crippen LogP contribution in [0.2, 0.25) is 5.02 Å². The zero-order valence-corrected chi connectivity index (χ0v) is 19.4. The van der Waals surface area contributed by atoms with Gasteiger partial charge in [0.2, 0.25) is 0 Å². The van der Waals surface area contributed by atoms with Gasteiger partial charge in [0.05, 0.1) is 5.51 Å². The predicted octanol–water partition coefficient (Wildman–Crippen LogP) is 3.50. The summed E-state index contributed by atoms with van der Waals surface area (Å²) in [6.07, 6.45) is -0.449. The van der Waals surface area contributed by atoms with Crippen LogP contribution in [0.5, 0.6) is 11.5 Å². The number of ether oxygens (including phenoxy) is 1. The summed E-state index contributed by atoms with van der Waals surface area (Å²) in [5.74, 6) is -2.55. The van der Waals surface area contributed by atoms with Crippen LogP contribution >= 0.6 is 22.9 Å². The van der Waals surface area contributed by atoms with E-state index in [1.807, 2.05) is 0 Å². The zero-order chi connectivity index (χ0) is 24.0. The van der Waals surface area contributed by atoms with Gasteiger partial charge < -0.3 is 20.3 Å². The summed E-state index contributed by atoms with van der Waals surface area (Å²) in [5.41, 5.74) is 2.00. The zero-order valence-electron chi connectivity index (χ0n) is 17.0. The fraction of sp³-hybridized carbons (Fsp3) is 0.250. The minimum absolute atomic E-state index is 0.00562. The quantitative estimate of drug-likeness (QED) is 0.226. The molecule has 8 nitrogen and oxygen atoms in total. The molecule has 2 aromatic carbocycles. The Morgan fingerprint density at radius 3 is 2.64 bits per heavy atom. The van der Waals surface area contributed by atoms with Crippen molar-refractivity contribution in [2.24, 2.45) is 0 Å². The molecule has 0 radical (unpaired) electrons. The fourth-order valence-electron chi connectivity index (χ4n) is 2.85. The van der Waals surface area contributed by atoms with Gasteiger partial charge in [-0.1, -0.05) is 11.6 Å². The van der Waals surface area contributed by atoms with Crippen LogP contribution in [0.25, 0.3) is 0 Å². The van der Waals surface area contributed by atoms with E-state index in [1.54, 1.807) is 6.07 Å². The number of anilines is 1. The van der Waals surface area contributed by atoms with Crippen LogP contribution in [0, 0.1) is 11.6 Å². The highest BCUT2D eigenvalue weighted by Gasteiger charge is 2.24. The van der Waals surface area contributed by atoms with Crippen molar-refractivity contribution in [3.05, 3.63) is 63.4 Å². The number of thiazole rings is 1. The van der Waals surface area contributed by atoms with Gasteiger partial charge in [0.1, 0.15) is 16.5 Å². The van der Waals surface area contributed by atoms with Crippen molar-refractivity contribution in [3.63, 3.8) is 0 Å². The molecular formula is C20H20ClF2N3O5S2. The van der Waals surface area contributed by atoms with Crippen LogP contribution in [-0.4, -0.2) is 43.0 Å². The lowest BCUT2D eigenvalue weighted by atomic mass is 10.1. The molecule has 0 saturated carbocycles. The molecule has 1 heterocycles. The Hall–Kier alpha value is -2.35. The van der Waals surface area contributed by atoms with Crippen LogP contribution in [0.4, 0.5) is 14.6 Å². The summed E-state index contributed by atoms with van der Waals surface area (Å²) >= 11 is 7.17. The number of halogens is 3. The molecule has 33 heavy (non-hydrogen) atoms. The molecule has 0 spiro atoms. The number of aliphatic hydroxyl groups is 2. The molecule has 0 unspecified atom stereocenters. The summed E-state index contributed by atoms with van der Waals surface area (Å²) in [6, 6.07) is 5.83. The molecule has 178 valence electrons. The average Bonchev–Trinajstić information content (AvgIpc) is 3.23. The number of aromatic nitrogens is 1. The van der Waals surface area contributed by atoms with E-state index in [0.29, 0.717) is 42.1 Å². The van der Waals surface area contributed by atoms with Crippen molar-refractivity contribution in [1.29, 1.82) is 0 Å². The number of hydrogen-bond acceptors (Lipinski definition) is 8. The standard InChI is InChI=1S/C20H20ClF2N3O5S2/c21-13-3-4-16(12(6-13)2-1-5-24-9-20(27)28)31-17-7-15(23)18(8-14(17)22)33(29,30)26-19-10-32-11-25-19/h3-4,6-8,10-11,20,24,26-28H,1-2,5,9H2. The largest absolute Gasteiger partial charge is 0.454 e. The summed E-state index contributed by atoms with van der Waals surface area (Å²) in [4.78, 5) is 2.88. The maximum Gasteiger partial charge on any atom is 0.266 e. The number of nitrogens with one attached hydrogen (secondary N) is 2. The molecule has 0 bridgehead atoms. The first-order valence-corrected chi connectivity index (χ1v) is 12.4. The monoisotopic (exact) mass is 519 g/mol. The molecule has 1 aromatic heterocycles. The van der Waals surface area contributed by atoms with E-state index in [9.17, 15) is 17.2 Å². The molecule has 0 atom stereocenters. The first-order chi connectivity index (χ1) is 15.7. The van der Waals surface area contributed by atoms with Crippen molar-refractivity contribution in [2.75, 3.05) is 17.8 Å². The average molecular weight is 520 g/mol. The molecule has 4 N–H and O–H groups in total. The number of nitrogens with zero attached hydrogens (tertiary/aromatic N) is 1. The first kappa shape index (κ1) is 25.3. The molecular weight excluding hydrogens is 500 g/mol. The fourth-order valence-corrected chi connectivity index (χ4v) is 4.67.